The van der Waals surface area contributed by atoms with E-state index in [-0.39, 0.29) is 98.0 Å². The molecule has 10 heterocycles. The highest BCUT2D eigenvalue weighted by atomic mass is 19.1. The standard InChI is InChI=1S/C33H28FN3O8.C24H22FN3O4.C9H8O5.CH3F/c1-3-33(42)19-9-23-28-17(11-37(23)31(40)18(19)12-43-32(33)41)27-21(6-5-16-14(2)20(34)10-22(35-28)26(16)27)36-30(39)29(38)15-4-7-24-25(8-15)45-13-44-24;1-3-24(31)14-6-18-21-12(8-28(18)22(29)13(14)9-32-23(24)30)19-16(26)5-4-11-10(2)15(25)7-17(27-21)20(11)19;10-8(9(11)12)5-1-2-6-7(3-5)14-4-13-6;1-2/h4,7-10,21,29,38,42H,3,5-6,11-13H2,1-2H3,(H,36,39);6-7,16,31H,3-5,8-9,26H2,1-2H3;1-3,8,10H,4H2,(H,11,12);1H3/t21-,29+,33-;16-,24-;8-;/m001./s1/i;;;1D. The predicted octanol–water partition coefficient (Wildman–Crippen LogP) is 6.69. The van der Waals surface area contributed by atoms with E-state index in [2.05, 4.69) is 5.32 Å². The number of rotatable bonds is 7. The third kappa shape index (κ3) is 9.66. The number of cyclic esters (lactones) is 2. The van der Waals surface area contributed by atoms with Gasteiger partial charge in [-0.3, -0.25) is 18.8 Å². The van der Waals surface area contributed by atoms with E-state index < -0.39 is 71.8 Å². The van der Waals surface area contributed by atoms with Crippen molar-refractivity contribution in [2.24, 2.45) is 5.73 Å². The summed E-state index contributed by atoms with van der Waals surface area (Å²) in [7, 11) is -1.00. The fourth-order valence-electron chi connectivity index (χ4n) is 14.0. The van der Waals surface area contributed by atoms with Gasteiger partial charge in [-0.2, -0.15) is 0 Å². The molecule has 8 aliphatic rings. The molecule has 482 valence electrons. The molecule has 4 aromatic heterocycles. The molecule has 23 nitrogen and oxygen atoms in total. The summed E-state index contributed by atoms with van der Waals surface area (Å²) in [6.45, 7) is 6.91. The topological polar surface area (TPSA) is 333 Å². The van der Waals surface area contributed by atoms with Crippen LogP contribution in [-0.4, -0.2) is 89.2 Å². The Morgan fingerprint density at radius 3 is 1.57 bits per heavy atom. The van der Waals surface area contributed by atoms with Crippen molar-refractivity contribution in [3.8, 4) is 45.8 Å². The summed E-state index contributed by atoms with van der Waals surface area (Å²) >= 11 is 0. The Kier molecular flexibility index (Phi) is 15.1. The number of carbonyl (C=O) groups excluding carboxylic acids is 3. The largest absolute Gasteiger partial charge is 0.479 e. The van der Waals surface area contributed by atoms with Gasteiger partial charge in [-0.05, 0) is 133 Å². The van der Waals surface area contributed by atoms with E-state index in [0.717, 1.165) is 27.6 Å². The zero-order valence-corrected chi connectivity index (χ0v) is 50.4. The van der Waals surface area contributed by atoms with Gasteiger partial charge in [0.05, 0.1) is 72.6 Å². The van der Waals surface area contributed by atoms with E-state index in [1.54, 1.807) is 68.7 Å². The van der Waals surface area contributed by atoms with Crippen molar-refractivity contribution < 1.29 is 87.7 Å². The Balaban J connectivity index is 0.000000141. The number of nitrogens with zero attached hydrogens (tertiary/aromatic N) is 4. The van der Waals surface area contributed by atoms with E-state index >= 15 is 4.39 Å². The van der Waals surface area contributed by atoms with E-state index in [9.17, 15) is 58.0 Å². The highest BCUT2D eigenvalue weighted by Crippen LogP contribution is 2.49. The maximum Gasteiger partial charge on any atom is 0.343 e. The van der Waals surface area contributed by atoms with Crippen LogP contribution in [0.25, 0.3) is 44.6 Å². The van der Waals surface area contributed by atoms with Gasteiger partial charge in [0.25, 0.3) is 17.0 Å². The normalized spacial score (nSPS) is 20.7. The summed E-state index contributed by atoms with van der Waals surface area (Å²) in [6, 6.07) is 14.5. The summed E-state index contributed by atoms with van der Waals surface area (Å²) < 4.78 is 79.6. The number of carbonyl (C=O) groups is 4. The number of fused-ring (bicyclic) bond motifs is 12. The molecular formula is C67H61F3N6O17. The van der Waals surface area contributed by atoms with Crippen LogP contribution < -0.4 is 41.1 Å². The minimum atomic E-state index is -1.99. The van der Waals surface area contributed by atoms with Crippen LogP contribution in [0.15, 0.2) is 70.3 Å². The Hall–Kier alpha value is -9.73. The molecule has 16 rings (SSSR count). The summed E-state index contributed by atoms with van der Waals surface area (Å²) in [5, 5.41) is 55.7. The number of aliphatic hydroxyl groups is 4. The van der Waals surface area contributed by atoms with E-state index in [1.807, 2.05) is 0 Å². The highest BCUT2D eigenvalue weighted by Gasteiger charge is 2.48. The van der Waals surface area contributed by atoms with Crippen LogP contribution in [0.5, 0.6) is 23.0 Å². The number of esters is 2. The van der Waals surface area contributed by atoms with Crippen molar-refractivity contribution in [2.75, 3.05) is 20.7 Å². The fraction of sp³-hybridized carbons (Fsp3) is 0.343. The van der Waals surface area contributed by atoms with E-state index in [1.165, 1.54) is 28.8 Å². The molecule has 6 atom stereocenters. The number of aromatic nitrogens is 4. The van der Waals surface area contributed by atoms with Gasteiger partial charge in [0.15, 0.2) is 46.4 Å². The van der Waals surface area contributed by atoms with Gasteiger partial charge in [-0.25, -0.2) is 33.1 Å². The van der Waals surface area contributed by atoms with Gasteiger partial charge in [-0.1, -0.05) is 26.0 Å². The number of aliphatic hydroxyl groups excluding tert-OH is 2. The number of halogens is 3. The Bertz CT molecular complexity index is 4750. The summed E-state index contributed by atoms with van der Waals surface area (Å²) in [5.74, 6) is -2.26. The number of aliphatic carboxylic acids is 1. The lowest BCUT2D eigenvalue weighted by Gasteiger charge is -2.31. The Morgan fingerprint density at radius 1 is 0.656 bits per heavy atom. The molecule has 8 aromatic rings. The summed E-state index contributed by atoms with van der Waals surface area (Å²) in [4.78, 5) is 85.7. The number of ether oxygens (including phenoxy) is 6. The van der Waals surface area contributed by atoms with Gasteiger partial charge in [0.1, 0.15) is 24.8 Å². The molecular weight excluding hydrogens is 1220 g/mol. The molecule has 2 aliphatic carbocycles. The first kappa shape index (κ1) is 60.8. The molecule has 0 spiro atoms. The van der Waals surface area contributed by atoms with Crippen molar-refractivity contribution in [3.05, 3.63) is 171 Å². The summed E-state index contributed by atoms with van der Waals surface area (Å²) in [5.41, 5.74) is 12.1. The zero-order valence-electron chi connectivity index (χ0n) is 51.4. The second-order valence-electron chi connectivity index (χ2n) is 23.7. The number of carboxylic acid groups (broad SMARTS) is 1. The average Bonchev–Trinajstić information content (AvgIpc) is 1.52. The van der Waals surface area contributed by atoms with Crippen LogP contribution in [0.4, 0.5) is 13.2 Å². The van der Waals surface area contributed by atoms with E-state index in [4.69, 9.17) is 50.6 Å². The highest BCUT2D eigenvalue weighted by molar-refractivity contribution is 5.96. The van der Waals surface area contributed by atoms with Crippen LogP contribution in [0.3, 0.4) is 0 Å². The molecule has 0 saturated heterocycles. The molecule has 1 amide bonds. The maximum atomic E-state index is 15.2. The fourth-order valence-corrected chi connectivity index (χ4v) is 14.0. The first-order valence-electron chi connectivity index (χ1n) is 30.6. The number of hydrogen-bond donors (Lipinski definition) is 7. The first-order valence-corrected chi connectivity index (χ1v) is 29.9. The summed E-state index contributed by atoms with van der Waals surface area (Å²) in [6.07, 6.45) is -0.712. The molecule has 0 unspecified atom stereocenters. The molecule has 0 radical (unpaired) electrons. The number of carboxylic acids is 1. The number of hydrogen-bond acceptors (Lipinski definition) is 19. The van der Waals surface area contributed by atoms with Crippen molar-refractivity contribution >= 4 is 45.6 Å². The average molecular weight is 1280 g/mol. The van der Waals surface area contributed by atoms with E-state index in [0.29, 0.717) is 116 Å². The molecule has 6 aliphatic heterocycles. The van der Waals surface area contributed by atoms with Crippen LogP contribution >= 0.6 is 0 Å². The number of alkyl halides is 1. The lowest BCUT2D eigenvalue weighted by Crippen LogP contribution is -2.44. The van der Waals surface area contributed by atoms with Crippen LogP contribution in [0, 0.1) is 25.5 Å². The third-order valence-corrected chi connectivity index (χ3v) is 19.0. The molecule has 0 bridgehead atoms. The van der Waals surface area contributed by atoms with Crippen molar-refractivity contribution in [2.45, 2.75) is 128 Å². The molecule has 0 fully saturated rings. The molecule has 93 heavy (non-hydrogen) atoms. The lowest BCUT2D eigenvalue weighted by atomic mass is 9.81. The first-order chi connectivity index (χ1) is 45.0. The smallest absolute Gasteiger partial charge is 0.343 e. The number of amides is 1. The second kappa shape index (κ2) is 23.1. The predicted molar refractivity (Wildman–Crippen MR) is 323 cm³/mol. The number of aryl methyl sites for hydroxylation is 2. The monoisotopic (exact) mass is 1280 g/mol. The second-order valence-corrected chi connectivity index (χ2v) is 23.7. The minimum absolute atomic E-state index is 0.00136. The zero-order chi connectivity index (χ0) is 66.7. The lowest BCUT2D eigenvalue weighted by molar-refractivity contribution is -0.172. The van der Waals surface area contributed by atoms with Crippen LogP contribution in [0.1, 0.15) is 143 Å². The van der Waals surface area contributed by atoms with Gasteiger partial charge in [-0.15, -0.1) is 0 Å². The van der Waals surface area contributed by atoms with Gasteiger partial charge in [0, 0.05) is 51.2 Å². The maximum absolute atomic E-state index is 15.2. The number of nitrogens with two attached hydrogens (primary N) is 1. The number of nitrogens with one attached hydrogen (secondary N) is 1. The van der Waals surface area contributed by atoms with Gasteiger partial charge < -0.3 is 74.1 Å². The van der Waals surface area contributed by atoms with Crippen molar-refractivity contribution in [3.63, 3.8) is 0 Å². The third-order valence-electron chi connectivity index (χ3n) is 19.0. The minimum Gasteiger partial charge on any atom is -0.479 e. The molecule has 4 aromatic carbocycles. The number of benzene rings is 4. The molecule has 0 saturated carbocycles. The van der Waals surface area contributed by atoms with Crippen LogP contribution in [-0.2, 0) is 79.0 Å². The van der Waals surface area contributed by atoms with Gasteiger partial charge in [0.2, 0.25) is 13.6 Å². The Morgan fingerprint density at radius 2 is 1.10 bits per heavy atom. The molecule has 8 N–H and O–H groups in total. The van der Waals surface area contributed by atoms with Gasteiger partial charge >= 0.3 is 17.9 Å². The number of pyridine rings is 4. The molecule has 26 heteroatoms. The SMILES string of the molecule is CC[C@@]1(O)C(=O)OCc2c1cc1n(c2=O)Cc2c-1nc1cc(F)c(C)c3c1c2[C@@H](N)CC3.CC[C@@]1(O)C(=O)OCc2c1cc1n(c2=O)Cc2c-1nc1cc(F)c(C)c3c1c2[C@@H](NC(=O)[C@H](O)c1ccc2c(c1)OCO2)CC3.O=C(O)[C@H](O)c1ccc2c(c1)OCO2.[2H]CF. The van der Waals surface area contributed by atoms with Crippen LogP contribution in [0.2, 0.25) is 0 Å². The quantitative estimate of drug-likeness (QED) is 0.0818. The van der Waals surface area contributed by atoms with Crippen molar-refractivity contribution in [1.29, 1.82) is 0 Å². The Labute approximate surface area is 527 Å². The van der Waals surface area contributed by atoms with Crippen molar-refractivity contribution in [1.82, 2.24) is 24.4 Å².